The minimum atomic E-state index is 0.243. The Morgan fingerprint density at radius 2 is 1.81 bits per heavy atom. The van der Waals surface area contributed by atoms with Gasteiger partial charge in [-0.15, -0.1) is 0 Å². The predicted molar refractivity (Wildman–Crippen MR) is 92.5 cm³/mol. The lowest BCUT2D eigenvalue weighted by molar-refractivity contribution is -0.164. The number of nitrogens with one attached hydrogen (secondary N) is 1. The lowest BCUT2D eigenvalue weighted by Gasteiger charge is -2.57. The number of halogens is 1. The molecule has 1 fully saturated rings. The molecule has 0 amide bonds. The lowest BCUT2D eigenvalue weighted by atomic mass is 9.53. The molecule has 0 radical (unpaired) electrons. The Kier molecular flexibility index (Phi) is 6.36. The molecule has 0 heterocycles. The first kappa shape index (κ1) is 18.6. The number of hydrogen-bond acceptors (Lipinski definition) is 2. The second-order valence-corrected chi connectivity index (χ2v) is 7.93. The third-order valence-electron chi connectivity index (χ3n) is 4.28. The summed E-state index contributed by atoms with van der Waals surface area (Å²) in [7, 11) is 0. The monoisotopic (exact) mass is 313 g/mol. The summed E-state index contributed by atoms with van der Waals surface area (Å²) in [6.45, 7) is 17.2. The normalized spacial score (nSPS) is 22.6. The first-order chi connectivity index (χ1) is 9.64. The summed E-state index contributed by atoms with van der Waals surface area (Å²) in [4.78, 5) is 0. The van der Waals surface area contributed by atoms with Crippen LogP contribution >= 0.6 is 11.6 Å². The van der Waals surface area contributed by atoms with E-state index in [2.05, 4.69) is 53.8 Å². The van der Waals surface area contributed by atoms with Crippen molar-refractivity contribution in [3.63, 3.8) is 0 Å². The molecule has 3 heteroatoms. The van der Waals surface area contributed by atoms with E-state index in [0.29, 0.717) is 0 Å². The van der Waals surface area contributed by atoms with Gasteiger partial charge in [-0.2, -0.15) is 0 Å². The number of likely N-dealkylation sites (N-methyl/N-ethyl adjacent to an activating group) is 1. The summed E-state index contributed by atoms with van der Waals surface area (Å²) < 4.78 is 6.31. The molecule has 0 atom stereocenters. The van der Waals surface area contributed by atoms with Gasteiger partial charge in [0.05, 0.1) is 5.76 Å². The van der Waals surface area contributed by atoms with E-state index in [-0.39, 0.29) is 16.9 Å². The maximum Gasteiger partial charge on any atom is 0.108 e. The molecule has 21 heavy (non-hydrogen) atoms. The summed E-state index contributed by atoms with van der Waals surface area (Å²) in [6.07, 6.45) is 4.33. The van der Waals surface area contributed by atoms with Crippen molar-refractivity contribution >= 4 is 11.6 Å². The van der Waals surface area contributed by atoms with E-state index in [4.69, 9.17) is 16.3 Å². The van der Waals surface area contributed by atoms with E-state index in [1.165, 1.54) is 6.42 Å². The highest BCUT2D eigenvalue weighted by Gasteiger charge is 2.54. The lowest BCUT2D eigenvalue weighted by Crippen LogP contribution is -2.56. The number of allylic oxidation sites excluding steroid dienone is 3. The van der Waals surface area contributed by atoms with Crippen LogP contribution < -0.4 is 5.32 Å². The molecule has 2 nitrogen and oxygen atoms in total. The molecule has 1 aliphatic rings. The van der Waals surface area contributed by atoms with Gasteiger partial charge in [-0.25, -0.2) is 0 Å². The maximum atomic E-state index is 6.41. The van der Waals surface area contributed by atoms with Crippen molar-refractivity contribution in [3.05, 3.63) is 22.4 Å². The van der Waals surface area contributed by atoms with Gasteiger partial charge in [-0.1, -0.05) is 53.1 Å². The molecule has 0 aliphatic heterocycles. The van der Waals surface area contributed by atoms with Gasteiger partial charge in [0.15, 0.2) is 0 Å². The van der Waals surface area contributed by atoms with Gasteiger partial charge in [0.2, 0.25) is 0 Å². The second-order valence-electron chi connectivity index (χ2n) is 7.52. The fraction of sp³-hybridized carbons (Fsp3) is 0.778. The van der Waals surface area contributed by atoms with Gasteiger partial charge in [-0.3, -0.25) is 0 Å². The summed E-state index contributed by atoms with van der Waals surface area (Å²) in [5, 5.41) is 4.09. The van der Waals surface area contributed by atoms with Crippen molar-refractivity contribution in [1.29, 1.82) is 0 Å². The van der Waals surface area contributed by atoms with Crippen molar-refractivity contribution < 1.29 is 4.74 Å². The van der Waals surface area contributed by atoms with Crippen LogP contribution in [0.3, 0.4) is 0 Å². The standard InChI is InChI=1S/C18H32ClNO/c1-8-14(10-15(19)13(3)11-20-9-2)21-16-17(4,5)12-18(16,6)7/h10,16,20H,8-9,11-12H2,1-7H3/b14-10+,15-13-. The van der Waals surface area contributed by atoms with Gasteiger partial charge < -0.3 is 10.1 Å². The Morgan fingerprint density at radius 1 is 1.24 bits per heavy atom. The minimum Gasteiger partial charge on any atom is -0.494 e. The van der Waals surface area contributed by atoms with E-state index in [9.17, 15) is 0 Å². The highest BCUT2D eigenvalue weighted by Crippen LogP contribution is 2.56. The van der Waals surface area contributed by atoms with Crippen molar-refractivity contribution in [1.82, 2.24) is 5.32 Å². The smallest absolute Gasteiger partial charge is 0.108 e. The predicted octanol–water partition coefficient (Wildman–Crippen LogP) is 5.24. The van der Waals surface area contributed by atoms with Gasteiger partial charge in [0.1, 0.15) is 6.10 Å². The van der Waals surface area contributed by atoms with Crippen LogP contribution in [0.25, 0.3) is 0 Å². The second kappa shape index (κ2) is 7.19. The molecule has 1 rings (SSSR count). The molecule has 1 aliphatic carbocycles. The number of ether oxygens (including phenoxy) is 1. The fourth-order valence-corrected chi connectivity index (χ4v) is 3.83. The maximum absolute atomic E-state index is 6.41. The quantitative estimate of drug-likeness (QED) is 0.512. The molecule has 1 N–H and O–H groups in total. The molecular formula is C18H32ClNO. The van der Waals surface area contributed by atoms with Crippen LogP contribution in [0.5, 0.6) is 0 Å². The van der Waals surface area contributed by atoms with Crippen molar-refractivity contribution in [2.45, 2.75) is 67.4 Å². The molecule has 0 aromatic carbocycles. The number of hydrogen-bond donors (Lipinski definition) is 1. The Morgan fingerprint density at radius 3 is 2.24 bits per heavy atom. The molecule has 0 aromatic heterocycles. The molecule has 122 valence electrons. The number of rotatable bonds is 7. The van der Waals surface area contributed by atoms with Gasteiger partial charge in [-0.05, 0) is 31.5 Å². The molecule has 0 spiro atoms. The Bertz CT molecular complexity index is 407. The van der Waals surface area contributed by atoms with Crippen LogP contribution in [0.15, 0.2) is 22.4 Å². The van der Waals surface area contributed by atoms with E-state index < -0.39 is 0 Å². The Balaban J connectivity index is 2.81. The SMILES string of the molecule is CCNC/C(C)=C(Cl)/C=C(\CC)OC1C(C)(C)CC1(C)C. The van der Waals surface area contributed by atoms with Crippen molar-refractivity contribution in [2.75, 3.05) is 13.1 Å². The van der Waals surface area contributed by atoms with Crippen LogP contribution in [0, 0.1) is 10.8 Å². The van der Waals surface area contributed by atoms with Crippen LogP contribution in [-0.4, -0.2) is 19.2 Å². The molecule has 0 aromatic rings. The molecule has 0 unspecified atom stereocenters. The minimum absolute atomic E-state index is 0.243. The van der Waals surface area contributed by atoms with Crippen LogP contribution in [0.2, 0.25) is 0 Å². The van der Waals surface area contributed by atoms with E-state index in [1.54, 1.807) is 0 Å². The third-order valence-corrected chi connectivity index (χ3v) is 4.72. The highest BCUT2D eigenvalue weighted by molar-refractivity contribution is 6.31. The molecule has 1 saturated carbocycles. The zero-order chi connectivity index (χ0) is 16.3. The Labute approximate surface area is 136 Å². The zero-order valence-electron chi connectivity index (χ0n) is 14.8. The van der Waals surface area contributed by atoms with Crippen LogP contribution in [0.4, 0.5) is 0 Å². The van der Waals surface area contributed by atoms with E-state index >= 15 is 0 Å². The molecule has 0 saturated heterocycles. The van der Waals surface area contributed by atoms with Crippen molar-refractivity contribution in [2.24, 2.45) is 10.8 Å². The molecular weight excluding hydrogens is 282 g/mol. The zero-order valence-corrected chi connectivity index (χ0v) is 15.5. The average molecular weight is 314 g/mol. The van der Waals surface area contributed by atoms with Gasteiger partial charge >= 0.3 is 0 Å². The summed E-state index contributed by atoms with van der Waals surface area (Å²) >= 11 is 6.41. The first-order valence-electron chi connectivity index (χ1n) is 8.07. The third kappa shape index (κ3) is 4.75. The van der Waals surface area contributed by atoms with Crippen LogP contribution in [0.1, 0.15) is 61.3 Å². The van der Waals surface area contributed by atoms with E-state index in [0.717, 1.165) is 35.9 Å². The highest BCUT2D eigenvalue weighted by atomic mass is 35.5. The Hall–Kier alpha value is -0.470. The fourth-order valence-electron chi connectivity index (χ4n) is 3.64. The molecule has 0 bridgehead atoms. The largest absolute Gasteiger partial charge is 0.494 e. The van der Waals surface area contributed by atoms with Crippen molar-refractivity contribution in [3.8, 4) is 0 Å². The van der Waals surface area contributed by atoms with Gasteiger partial charge in [0.25, 0.3) is 0 Å². The van der Waals surface area contributed by atoms with E-state index in [1.807, 2.05) is 6.08 Å². The topological polar surface area (TPSA) is 21.3 Å². The first-order valence-corrected chi connectivity index (χ1v) is 8.45. The average Bonchev–Trinajstić information content (AvgIpc) is 2.38. The van der Waals surface area contributed by atoms with Gasteiger partial charge in [0, 0.05) is 28.8 Å². The summed E-state index contributed by atoms with van der Waals surface area (Å²) in [5.41, 5.74) is 1.64. The van der Waals surface area contributed by atoms with Crippen LogP contribution in [-0.2, 0) is 4.74 Å². The summed E-state index contributed by atoms with van der Waals surface area (Å²) in [5.74, 6) is 0.988. The summed E-state index contributed by atoms with van der Waals surface area (Å²) in [6, 6.07) is 0.